The van der Waals surface area contributed by atoms with Crippen LogP contribution in [0.1, 0.15) is 18.9 Å². The molecule has 0 aliphatic carbocycles. The normalized spacial score (nSPS) is 8.93. The minimum atomic E-state index is -0.0848. The van der Waals surface area contributed by atoms with Crippen LogP contribution in [0.3, 0.4) is 0 Å². The summed E-state index contributed by atoms with van der Waals surface area (Å²) in [5, 5.41) is 2.74. The Labute approximate surface area is 95.5 Å². The van der Waals surface area contributed by atoms with Crippen LogP contribution in [-0.4, -0.2) is 11.7 Å². The molecule has 0 spiro atoms. The van der Waals surface area contributed by atoms with Crippen molar-refractivity contribution in [3.63, 3.8) is 0 Å². The Morgan fingerprint density at radius 2 is 2.20 bits per heavy atom. The minimum absolute atomic E-state index is 0.0848. The smallest absolute Gasteiger partial charge is 0.221 e. The molecule has 0 aromatic heterocycles. The number of nitrogens with one attached hydrogen (secondary N) is 1. The topological polar surface area (TPSA) is 29.1 Å². The Hall–Kier alpha value is -1.40. The summed E-state index contributed by atoms with van der Waals surface area (Å²) in [5.74, 6) is 6.65. The molecule has 2 nitrogen and oxygen atoms in total. The molecule has 0 bridgehead atoms. The molecule has 0 unspecified atom stereocenters. The van der Waals surface area contributed by atoms with E-state index >= 15 is 0 Å². The second-order valence-electron chi connectivity index (χ2n) is 3.00. The highest BCUT2D eigenvalue weighted by Crippen LogP contribution is 2.13. The van der Waals surface area contributed by atoms with Gasteiger partial charge < -0.3 is 5.32 Å². The van der Waals surface area contributed by atoms with Gasteiger partial charge in [-0.05, 0) is 12.1 Å². The van der Waals surface area contributed by atoms with Crippen molar-refractivity contribution in [1.82, 2.24) is 0 Å². The summed E-state index contributed by atoms with van der Waals surface area (Å²) in [6.07, 6.45) is 0.748. The molecule has 1 N–H and O–H groups in total. The van der Waals surface area contributed by atoms with Gasteiger partial charge in [0.15, 0.2) is 0 Å². The predicted molar refractivity (Wildman–Crippen MR) is 66.1 cm³/mol. The molecule has 1 amide bonds. The molecule has 78 valence electrons. The number of carbonyl (C=O) groups is 1. The molecule has 0 saturated carbocycles. The number of amides is 1. The van der Waals surface area contributed by atoms with Crippen LogP contribution < -0.4 is 5.32 Å². The van der Waals surface area contributed by atoms with Crippen LogP contribution in [0, 0.1) is 11.8 Å². The lowest BCUT2D eigenvalue weighted by molar-refractivity contribution is -0.114. The lowest BCUT2D eigenvalue weighted by atomic mass is 10.2. The second-order valence-corrected chi connectivity index (χ2v) is 3.45. The van der Waals surface area contributed by atoms with E-state index in [2.05, 4.69) is 29.8 Å². The van der Waals surface area contributed by atoms with Crippen LogP contribution in [0.4, 0.5) is 5.69 Å². The maximum Gasteiger partial charge on any atom is 0.221 e. The van der Waals surface area contributed by atoms with Gasteiger partial charge in [-0.3, -0.25) is 4.79 Å². The average Bonchev–Trinajstić information content (AvgIpc) is 2.20. The van der Waals surface area contributed by atoms with Gasteiger partial charge in [-0.25, -0.2) is 0 Å². The minimum Gasteiger partial charge on any atom is -0.325 e. The van der Waals surface area contributed by atoms with Gasteiger partial charge >= 0.3 is 0 Å². The van der Waals surface area contributed by atoms with Gasteiger partial charge in [-0.2, -0.15) is 12.6 Å². The van der Waals surface area contributed by atoms with Crippen molar-refractivity contribution in [2.75, 3.05) is 11.1 Å². The van der Waals surface area contributed by atoms with E-state index in [0.717, 1.165) is 23.4 Å². The molecule has 0 saturated heterocycles. The lowest BCUT2D eigenvalue weighted by Crippen LogP contribution is -2.06. The Kier molecular flexibility index (Phi) is 4.79. The fourth-order valence-electron chi connectivity index (χ4n) is 1.10. The first-order valence-electron chi connectivity index (χ1n) is 4.70. The van der Waals surface area contributed by atoms with E-state index < -0.39 is 0 Å². The number of hydrogen-bond acceptors (Lipinski definition) is 2. The van der Waals surface area contributed by atoms with E-state index in [-0.39, 0.29) is 5.91 Å². The molecule has 1 rings (SSSR count). The largest absolute Gasteiger partial charge is 0.325 e. The molecule has 0 fully saturated rings. The fourth-order valence-corrected chi connectivity index (χ4v) is 1.22. The first kappa shape index (κ1) is 11.7. The molecule has 1 aromatic rings. The van der Waals surface area contributed by atoms with Crippen molar-refractivity contribution in [3.05, 3.63) is 29.8 Å². The maximum absolute atomic E-state index is 10.9. The monoisotopic (exact) mass is 219 g/mol. The Bertz CT molecular complexity index is 404. The number of thiol groups is 1. The Morgan fingerprint density at radius 1 is 1.47 bits per heavy atom. The molecule has 1 aromatic carbocycles. The third-order valence-electron chi connectivity index (χ3n) is 1.70. The highest BCUT2D eigenvalue weighted by atomic mass is 32.1. The third-order valence-corrected chi connectivity index (χ3v) is 1.92. The van der Waals surface area contributed by atoms with Gasteiger partial charge in [0.1, 0.15) is 0 Å². The van der Waals surface area contributed by atoms with Gasteiger partial charge in [-0.15, -0.1) is 0 Å². The first-order valence-corrected chi connectivity index (χ1v) is 5.33. The summed E-state index contributed by atoms with van der Waals surface area (Å²) in [4.78, 5) is 10.9. The van der Waals surface area contributed by atoms with Crippen LogP contribution in [0.25, 0.3) is 0 Å². The number of para-hydroxylation sites is 1. The number of carbonyl (C=O) groups excluding carboxylic acids is 1. The highest BCUT2D eigenvalue weighted by molar-refractivity contribution is 7.80. The number of hydrogen-bond donors (Lipinski definition) is 2. The molecule has 0 radical (unpaired) electrons. The number of rotatable bonds is 2. The Balaban J connectivity index is 2.87. The van der Waals surface area contributed by atoms with Crippen molar-refractivity contribution in [2.45, 2.75) is 13.3 Å². The summed E-state index contributed by atoms with van der Waals surface area (Å²) in [5.41, 5.74) is 1.60. The molecule has 0 heterocycles. The molecular weight excluding hydrogens is 206 g/mol. The maximum atomic E-state index is 10.9. The van der Waals surface area contributed by atoms with Gasteiger partial charge in [-0.1, -0.05) is 24.0 Å². The molecule has 15 heavy (non-hydrogen) atoms. The van der Waals surface area contributed by atoms with Crippen molar-refractivity contribution >= 4 is 24.2 Å². The van der Waals surface area contributed by atoms with Crippen LogP contribution in [-0.2, 0) is 4.79 Å². The van der Waals surface area contributed by atoms with Crippen molar-refractivity contribution in [2.24, 2.45) is 0 Å². The molecule has 3 heteroatoms. The summed E-state index contributed by atoms with van der Waals surface area (Å²) in [6, 6.07) is 7.49. The highest BCUT2D eigenvalue weighted by Gasteiger charge is 1.99. The van der Waals surface area contributed by atoms with Crippen molar-refractivity contribution in [3.8, 4) is 11.8 Å². The Morgan fingerprint density at radius 3 is 2.87 bits per heavy atom. The van der Waals surface area contributed by atoms with E-state index in [1.807, 2.05) is 24.3 Å². The summed E-state index contributed by atoms with van der Waals surface area (Å²) >= 11 is 4.08. The standard InChI is InChI=1S/C12H13NOS/c1-10(14)13-12-8-3-2-6-11(12)7-4-5-9-15/h2-3,6,8,15H,5,9H2,1H3,(H,13,14). The SMILES string of the molecule is CC(=O)Nc1ccccc1C#CCCS. The predicted octanol–water partition coefficient (Wildman–Crippen LogP) is 2.32. The molecule has 0 aliphatic rings. The van der Waals surface area contributed by atoms with Gasteiger partial charge in [0.05, 0.1) is 5.69 Å². The number of benzene rings is 1. The summed E-state index contributed by atoms with van der Waals surface area (Å²) < 4.78 is 0. The average molecular weight is 219 g/mol. The van der Waals surface area contributed by atoms with Gasteiger partial charge in [0, 0.05) is 24.7 Å². The molecule has 0 aliphatic heterocycles. The van der Waals surface area contributed by atoms with E-state index in [1.165, 1.54) is 6.92 Å². The van der Waals surface area contributed by atoms with Crippen LogP contribution in [0.15, 0.2) is 24.3 Å². The second kappa shape index (κ2) is 6.15. The third kappa shape index (κ3) is 4.09. The van der Waals surface area contributed by atoms with E-state index in [0.29, 0.717) is 0 Å². The zero-order chi connectivity index (χ0) is 11.1. The quantitative estimate of drug-likeness (QED) is 0.580. The van der Waals surface area contributed by atoms with E-state index in [4.69, 9.17) is 0 Å². The van der Waals surface area contributed by atoms with E-state index in [1.54, 1.807) is 0 Å². The molecule has 0 atom stereocenters. The first-order chi connectivity index (χ1) is 7.24. The van der Waals surface area contributed by atoms with Crippen LogP contribution >= 0.6 is 12.6 Å². The zero-order valence-electron chi connectivity index (χ0n) is 8.58. The van der Waals surface area contributed by atoms with Crippen molar-refractivity contribution in [1.29, 1.82) is 0 Å². The van der Waals surface area contributed by atoms with Crippen molar-refractivity contribution < 1.29 is 4.79 Å². The van der Waals surface area contributed by atoms with Gasteiger partial charge in [0.25, 0.3) is 0 Å². The zero-order valence-corrected chi connectivity index (χ0v) is 9.47. The molecular formula is C12H13NOS. The lowest BCUT2D eigenvalue weighted by Gasteiger charge is -2.03. The van der Waals surface area contributed by atoms with Gasteiger partial charge in [0.2, 0.25) is 5.91 Å². The summed E-state index contributed by atoms with van der Waals surface area (Å²) in [7, 11) is 0. The van der Waals surface area contributed by atoms with Crippen LogP contribution in [0.2, 0.25) is 0 Å². The number of anilines is 1. The fraction of sp³-hybridized carbons (Fsp3) is 0.250. The van der Waals surface area contributed by atoms with Crippen LogP contribution in [0.5, 0.6) is 0 Å². The summed E-state index contributed by atoms with van der Waals surface area (Å²) in [6.45, 7) is 1.48. The van der Waals surface area contributed by atoms with E-state index in [9.17, 15) is 4.79 Å².